The molecule has 176 valence electrons. The first-order valence-electron chi connectivity index (χ1n) is 2.83. The second-order valence-corrected chi connectivity index (χ2v) is 1.15. The molecule has 0 aromatic heterocycles. The molecule has 0 fully saturated rings. The molecule has 0 saturated heterocycles. The molecule has 0 saturated carbocycles. The zero-order valence-electron chi connectivity index (χ0n) is 16.5. The van der Waals surface area contributed by atoms with Gasteiger partial charge in [0.2, 0.25) is 0 Å². The van der Waals surface area contributed by atoms with Gasteiger partial charge in [-0.25, -0.2) is 0 Å². The maximum atomic E-state index is 8.42. The van der Waals surface area contributed by atoms with Gasteiger partial charge in [-0.1, -0.05) is 0 Å². The summed E-state index contributed by atoms with van der Waals surface area (Å²) in [6.07, 6.45) is 0. The van der Waals surface area contributed by atoms with Gasteiger partial charge in [0.1, 0.15) is 0 Å². The number of hydrogen-bond acceptors (Lipinski definition) is 12. The SMILES string of the molecule is O.O.O.O.O.O.O.O.O.O.[Ca+2].[Ca+2].[Ca+2].[Ca+2].[Ca+2].[Ca+2].[O-]B([O-])[O-].[O-]B([O-])[O-].[O-]B([O-])[O-].[O-]B([O-])[O-]. The number of rotatable bonds is 0. The first-order valence-corrected chi connectivity index (χ1v) is 2.83. The average molecular weight is 656 g/mol. The molecule has 22 nitrogen and oxygen atoms in total. The van der Waals surface area contributed by atoms with Crippen LogP contribution in [0.25, 0.3) is 0 Å². The van der Waals surface area contributed by atoms with Crippen LogP contribution in [0.15, 0.2) is 0 Å². The predicted molar refractivity (Wildman–Crippen MR) is 93.7 cm³/mol. The first-order chi connectivity index (χ1) is 6.93. The zero-order valence-corrected chi connectivity index (χ0v) is 29.7. The molecule has 0 aliphatic heterocycles. The summed E-state index contributed by atoms with van der Waals surface area (Å²) in [5.41, 5.74) is 0. The predicted octanol–water partition coefficient (Wildman–Crippen LogP) is -26.3. The topological polar surface area (TPSA) is 592 Å². The van der Waals surface area contributed by atoms with E-state index in [1.807, 2.05) is 0 Å². The van der Waals surface area contributed by atoms with Crippen LogP contribution in [-0.4, -0.2) is 310 Å². The Hall–Kier alpha value is 6.94. The summed E-state index contributed by atoms with van der Waals surface area (Å²) < 4.78 is 0. The molecule has 0 aromatic rings. The Labute approximate surface area is 362 Å². The van der Waals surface area contributed by atoms with Crippen molar-refractivity contribution in [3.8, 4) is 0 Å². The fourth-order valence-corrected chi connectivity index (χ4v) is 0. The summed E-state index contributed by atoms with van der Waals surface area (Å²) in [5, 5.41) is 101. The fraction of sp³-hybridized carbons (Fsp3) is 0. The van der Waals surface area contributed by atoms with E-state index in [0.29, 0.717) is 0 Å². The Balaban J connectivity index is -0.00000000286. The van der Waals surface area contributed by atoms with E-state index in [0.717, 1.165) is 0 Å². The maximum Gasteiger partial charge on any atom is 2.00 e. The smallest absolute Gasteiger partial charge is 0.907 e. The standard InChI is InChI=1S/4BO3.6Ca.10H2O/c4*2-1(3)4;;;;;;;;;;;;;;;;/h;;;;;;;;;;10*1H2/q4*-3;6*+2;;;;;;;;;;. The average Bonchev–Trinajstić information content (AvgIpc) is 1.76. The minimum Gasteiger partial charge on any atom is -0.907 e. The Kier molecular flexibility index (Phi) is 705. The molecule has 32 heavy (non-hydrogen) atoms. The maximum absolute atomic E-state index is 8.42. The Morgan fingerprint density at radius 1 is 0.188 bits per heavy atom. The summed E-state index contributed by atoms with van der Waals surface area (Å²) in [6, 6.07) is 0. The van der Waals surface area contributed by atoms with E-state index >= 15 is 0 Å². The van der Waals surface area contributed by atoms with Crippen LogP contribution in [0.4, 0.5) is 0 Å². The molecule has 0 radical (unpaired) electrons. The summed E-state index contributed by atoms with van der Waals surface area (Å²) in [5.74, 6) is 0. The third kappa shape index (κ3) is 991. The minimum absolute atomic E-state index is 0. The van der Waals surface area contributed by atoms with E-state index < -0.39 is 29.3 Å². The van der Waals surface area contributed by atoms with Crippen molar-refractivity contribution in [1.82, 2.24) is 0 Å². The van der Waals surface area contributed by atoms with Gasteiger partial charge >= 0.3 is 226 Å². The Bertz CT molecular complexity index is 81.4. The molecule has 0 aliphatic carbocycles. The van der Waals surface area contributed by atoms with Crippen molar-refractivity contribution in [1.29, 1.82) is 0 Å². The summed E-state index contributed by atoms with van der Waals surface area (Å²) in [4.78, 5) is 0. The molecule has 0 aliphatic rings. The van der Waals surface area contributed by atoms with Crippen LogP contribution in [0.3, 0.4) is 0 Å². The summed E-state index contributed by atoms with van der Waals surface area (Å²) >= 11 is 0. The van der Waals surface area contributed by atoms with E-state index in [1.165, 1.54) is 0 Å². The van der Waals surface area contributed by atoms with Gasteiger partial charge in [-0.15, -0.1) is 0 Å². The van der Waals surface area contributed by atoms with Gasteiger partial charge in [0.15, 0.2) is 0 Å². The number of hydrogen-bond donors (Lipinski definition) is 0. The van der Waals surface area contributed by atoms with Gasteiger partial charge in [0.25, 0.3) is 0 Å². The van der Waals surface area contributed by atoms with Crippen LogP contribution in [0.1, 0.15) is 0 Å². The van der Waals surface area contributed by atoms with Crippen molar-refractivity contribution in [3.63, 3.8) is 0 Å². The van der Waals surface area contributed by atoms with Crippen LogP contribution in [-0.2, 0) is 0 Å². The Morgan fingerprint density at radius 3 is 0.188 bits per heavy atom. The molecule has 20 N–H and O–H groups in total. The van der Waals surface area contributed by atoms with Crippen LogP contribution in [0, 0.1) is 0 Å². The van der Waals surface area contributed by atoms with Crippen LogP contribution in [0.5, 0.6) is 0 Å². The molecule has 0 bridgehead atoms. The summed E-state index contributed by atoms with van der Waals surface area (Å²) in [7, 11) is -11.7. The van der Waals surface area contributed by atoms with Gasteiger partial charge in [0.05, 0.1) is 0 Å². The van der Waals surface area contributed by atoms with Crippen molar-refractivity contribution in [3.05, 3.63) is 0 Å². The van der Waals surface area contributed by atoms with Gasteiger partial charge in [0, 0.05) is 0 Å². The molecule has 0 amide bonds. The van der Waals surface area contributed by atoms with E-state index in [1.54, 1.807) is 0 Å². The molecule has 0 rings (SSSR count). The van der Waals surface area contributed by atoms with Crippen molar-refractivity contribution >= 4 is 256 Å². The van der Waals surface area contributed by atoms with Gasteiger partial charge in [-0.2, -0.15) is 0 Å². The van der Waals surface area contributed by atoms with Gasteiger partial charge in [-0.3, -0.25) is 29.3 Å². The molecular weight excluding hydrogens is 636 g/mol. The van der Waals surface area contributed by atoms with Gasteiger partial charge < -0.3 is 115 Å². The van der Waals surface area contributed by atoms with Crippen LogP contribution in [0.2, 0.25) is 0 Å². The molecule has 0 unspecified atom stereocenters. The molecule has 0 atom stereocenters. The second-order valence-electron chi connectivity index (χ2n) is 1.15. The fourth-order valence-electron chi connectivity index (χ4n) is 0. The zero-order chi connectivity index (χ0) is 14.3. The van der Waals surface area contributed by atoms with Gasteiger partial charge in [-0.05, 0) is 0 Å². The van der Waals surface area contributed by atoms with E-state index in [-0.39, 0.29) is 281 Å². The Morgan fingerprint density at radius 2 is 0.188 bits per heavy atom. The molecular formula is H20B4Ca6O22. The van der Waals surface area contributed by atoms with E-state index in [9.17, 15) is 0 Å². The molecule has 32 heteroatoms. The quantitative estimate of drug-likeness (QED) is 0.219. The first kappa shape index (κ1) is 156. The molecule has 0 heterocycles. The third-order valence-electron chi connectivity index (χ3n) is 0. The van der Waals surface area contributed by atoms with Crippen LogP contribution >= 0.6 is 0 Å². The van der Waals surface area contributed by atoms with Crippen molar-refractivity contribution < 1.29 is 115 Å². The molecule has 0 aromatic carbocycles. The van der Waals surface area contributed by atoms with Crippen LogP contribution < -0.4 is 60.3 Å². The van der Waals surface area contributed by atoms with E-state index in [2.05, 4.69) is 0 Å². The van der Waals surface area contributed by atoms with Crippen molar-refractivity contribution in [2.45, 2.75) is 0 Å². The largest absolute Gasteiger partial charge is 2.00 e. The third-order valence-corrected chi connectivity index (χ3v) is 0. The molecule has 0 spiro atoms. The minimum atomic E-state index is -2.92. The van der Waals surface area contributed by atoms with E-state index in [4.69, 9.17) is 60.3 Å². The van der Waals surface area contributed by atoms with Crippen molar-refractivity contribution in [2.75, 3.05) is 0 Å². The second kappa shape index (κ2) is 144. The normalized spacial score (nSPS) is 3.38. The monoisotopic (exact) mass is 656 g/mol. The van der Waals surface area contributed by atoms with Crippen molar-refractivity contribution in [2.24, 2.45) is 0 Å². The summed E-state index contributed by atoms with van der Waals surface area (Å²) in [6.45, 7) is 0.